The van der Waals surface area contributed by atoms with Crippen LogP contribution < -0.4 is 9.64 Å². The van der Waals surface area contributed by atoms with Crippen molar-refractivity contribution in [2.24, 2.45) is 0 Å². The summed E-state index contributed by atoms with van der Waals surface area (Å²) in [6.45, 7) is 11.0. The summed E-state index contributed by atoms with van der Waals surface area (Å²) in [5, 5.41) is 0. The van der Waals surface area contributed by atoms with E-state index < -0.39 is 0 Å². The average molecular weight is 357 g/mol. The van der Waals surface area contributed by atoms with Crippen molar-refractivity contribution in [1.82, 2.24) is 0 Å². The molecule has 0 unspecified atom stereocenters. The molecule has 0 N–H and O–H groups in total. The highest BCUT2D eigenvalue weighted by Crippen LogP contribution is 2.51. The Kier molecular flexibility index (Phi) is 4.22. The molecule has 0 bridgehead atoms. The van der Waals surface area contributed by atoms with Crippen LogP contribution in [0.3, 0.4) is 0 Å². The van der Waals surface area contributed by atoms with Crippen LogP contribution in [0.1, 0.15) is 43.9 Å². The molecule has 2 heteroatoms. The number of ether oxygens (including phenoxy) is 1. The lowest BCUT2D eigenvalue weighted by atomic mass is 9.82. The molecule has 1 aliphatic heterocycles. The van der Waals surface area contributed by atoms with Crippen molar-refractivity contribution in [3.8, 4) is 11.5 Å². The van der Waals surface area contributed by atoms with E-state index in [2.05, 4.69) is 100 Å². The van der Waals surface area contributed by atoms with Gasteiger partial charge in [0.05, 0.1) is 11.4 Å². The van der Waals surface area contributed by atoms with Gasteiger partial charge in [-0.05, 0) is 73.2 Å². The molecule has 0 fully saturated rings. The Hall–Kier alpha value is -2.74. The van der Waals surface area contributed by atoms with Gasteiger partial charge < -0.3 is 9.64 Å². The van der Waals surface area contributed by atoms with Crippen molar-refractivity contribution >= 4 is 17.1 Å². The summed E-state index contributed by atoms with van der Waals surface area (Å²) in [6, 6.07) is 21.7. The predicted molar refractivity (Wildman–Crippen MR) is 114 cm³/mol. The van der Waals surface area contributed by atoms with Gasteiger partial charge in [-0.15, -0.1) is 0 Å². The minimum atomic E-state index is 0.125. The minimum Gasteiger partial charge on any atom is -0.453 e. The van der Waals surface area contributed by atoms with Crippen molar-refractivity contribution < 1.29 is 4.74 Å². The molecule has 0 saturated carbocycles. The van der Waals surface area contributed by atoms with Crippen molar-refractivity contribution in [2.45, 2.75) is 46.5 Å². The zero-order valence-corrected chi connectivity index (χ0v) is 16.8. The largest absolute Gasteiger partial charge is 0.453 e. The Morgan fingerprint density at radius 3 is 2.04 bits per heavy atom. The number of nitrogens with zero attached hydrogens (tertiary/aromatic N) is 1. The summed E-state index contributed by atoms with van der Waals surface area (Å²) in [5.41, 5.74) is 7.22. The van der Waals surface area contributed by atoms with Gasteiger partial charge in [-0.3, -0.25) is 0 Å². The van der Waals surface area contributed by atoms with Crippen molar-refractivity contribution in [3.05, 3.63) is 77.4 Å². The monoisotopic (exact) mass is 357 g/mol. The van der Waals surface area contributed by atoms with Gasteiger partial charge in [0.25, 0.3) is 0 Å². The smallest absolute Gasteiger partial charge is 0.151 e. The molecule has 27 heavy (non-hydrogen) atoms. The van der Waals surface area contributed by atoms with Crippen LogP contribution >= 0.6 is 0 Å². The lowest BCUT2D eigenvalue weighted by Crippen LogP contribution is -2.19. The minimum absolute atomic E-state index is 0.125. The number of hydrogen-bond donors (Lipinski definition) is 0. The molecule has 138 valence electrons. The summed E-state index contributed by atoms with van der Waals surface area (Å²) >= 11 is 0. The van der Waals surface area contributed by atoms with Gasteiger partial charge in [0.1, 0.15) is 0 Å². The molecule has 0 radical (unpaired) electrons. The second kappa shape index (κ2) is 6.45. The molecule has 2 nitrogen and oxygen atoms in total. The van der Waals surface area contributed by atoms with Crippen LogP contribution in [-0.4, -0.2) is 0 Å². The van der Waals surface area contributed by atoms with E-state index in [1.54, 1.807) is 0 Å². The molecule has 3 aromatic rings. The van der Waals surface area contributed by atoms with Gasteiger partial charge in [-0.1, -0.05) is 50.6 Å². The Morgan fingerprint density at radius 1 is 0.778 bits per heavy atom. The van der Waals surface area contributed by atoms with E-state index in [0.29, 0.717) is 0 Å². The summed E-state index contributed by atoms with van der Waals surface area (Å²) < 4.78 is 6.37. The van der Waals surface area contributed by atoms with Crippen molar-refractivity contribution in [2.75, 3.05) is 4.90 Å². The Balaban J connectivity index is 1.90. The van der Waals surface area contributed by atoms with E-state index in [1.165, 1.54) is 16.7 Å². The van der Waals surface area contributed by atoms with Crippen LogP contribution in [0.5, 0.6) is 11.5 Å². The molecule has 1 aliphatic rings. The lowest BCUT2D eigenvalue weighted by Gasteiger charge is -2.34. The maximum atomic E-state index is 6.37. The fraction of sp³-hybridized carbons (Fsp3) is 0.280. The zero-order valence-electron chi connectivity index (χ0n) is 16.8. The maximum Gasteiger partial charge on any atom is 0.151 e. The van der Waals surface area contributed by atoms with Crippen LogP contribution in [0, 0.1) is 13.8 Å². The summed E-state index contributed by atoms with van der Waals surface area (Å²) in [4.78, 5) is 2.30. The molecular formula is C25H27NO. The van der Waals surface area contributed by atoms with Crippen LogP contribution in [0.25, 0.3) is 0 Å². The number of rotatable bonds is 3. The molecule has 0 aromatic heterocycles. The summed E-state index contributed by atoms with van der Waals surface area (Å²) in [7, 11) is 0. The number of anilines is 3. The summed E-state index contributed by atoms with van der Waals surface area (Å²) in [5.74, 6) is 1.84. The van der Waals surface area contributed by atoms with Gasteiger partial charge in [0.15, 0.2) is 11.5 Å². The molecule has 0 atom stereocenters. The third-order valence-corrected chi connectivity index (χ3v) is 5.73. The van der Waals surface area contributed by atoms with E-state index in [4.69, 9.17) is 4.74 Å². The molecule has 1 heterocycles. The van der Waals surface area contributed by atoms with Crippen LogP contribution in [0.15, 0.2) is 60.7 Å². The standard InChI is InChI=1S/C25H27NO/c1-6-25(4,5)19-10-14-22-24(16-19)27-23-15-18(3)9-13-21(23)26(22)20-11-7-17(2)8-12-20/h7-16H,6H2,1-5H3. The lowest BCUT2D eigenvalue weighted by molar-refractivity contribution is 0.466. The number of benzene rings is 3. The van der Waals surface area contributed by atoms with E-state index in [1.807, 2.05) is 0 Å². The van der Waals surface area contributed by atoms with Crippen molar-refractivity contribution in [1.29, 1.82) is 0 Å². The normalized spacial score (nSPS) is 13.0. The molecular weight excluding hydrogens is 330 g/mol. The van der Waals surface area contributed by atoms with Gasteiger partial charge in [-0.2, -0.15) is 0 Å². The molecule has 4 rings (SSSR count). The molecule has 3 aromatic carbocycles. The van der Waals surface area contributed by atoms with Crippen LogP contribution in [0.2, 0.25) is 0 Å². The Morgan fingerprint density at radius 2 is 1.37 bits per heavy atom. The first kappa shape index (κ1) is 17.7. The maximum absolute atomic E-state index is 6.37. The Bertz CT molecular complexity index is 986. The second-order valence-corrected chi connectivity index (χ2v) is 8.16. The average Bonchev–Trinajstić information content (AvgIpc) is 2.66. The van der Waals surface area contributed by atoms with Crippen LogP contribution in [0.4, 0.5) is 17.1 Å². The van der Waals surface area contributed by atoms with E-state index in [0.717, 1.165) is 35.0 Å². The first-order valence-electron chi connectivity index (χ1n) is 9.69. The molecule has 0 amide bonds. The van der Waals surface area contributed by atoms with E-state index >= 15 is 0 Å². The van der Waals surface area contributed by atoms with E-state index in [-0.39, 0.29) is 5.41 Å². The first-order chi connectivity index (χ1) is 12.9. The van der Waals surface area contributed by atoms with E-state index in [9.17, 15) is 0 Å². The van der Waals surface area contributed by atoms with Gasteiger partial charge in [0, 0.05) is 5.69 Å². The van der Waals surface area contributed by atoms with Gasteiger partial charge in [0.2, 0.25) is 0 Å². The topological polar surface area (TPSA) is 12.5 Å². The number of aryl methyl sites for hydroxylation is 2. The molecule has 0 spiro atoms. The predicted octanol–water partition coefficient (Wildman–Crippen LogP) is 7.57. The third-order valence-electron chi connectivity index (χ3n) is 5.73. The Labute approximate surface area is 162 Å². The highest BCUT2D eigenvalue weighted by molar-refractivity contribution is 5.86. The third kappa shape index (κ3) is 3.10. The summed E-state index contributed by atoms with van der Waals surface area (Å²) in [6.07, 6.45) is 1.09. The number of hydrogen-bond acceptors (Lipinski definition) is 2. The fourth-order valence-corrected chi connectivity index (χ4v) is 3.51. The SMILES string of the molecule is CCC(C)(C)c1ccc2c(c1)Oc1cc(C)ccc1N2c1ccc(C)cc1. The van der Waals surface area contributed by atoms with Gasteiger partial charge >= 0.3 is 0 Å². The number of fused-ring (bicyclic) bond motifs is 2. The van der Waals surface area contributed by atoms with Crippen LogP contribution in [-0.2, 0) is 5.41 Å². The highest BCUT2D eigenvalue weighted by Gasteiger charge is 2.28. The fourth-order valence-electron chi connectivity index (χ4n) is 3.51. The second-order valence-electron chi connectivity index (χ2n) is 8.16. The zero-order chi connectivity index (χ0) is 19.2. The van der Waals surface area contributed by atoms with Crippen molar-refractivity contribution in [3.63, 3.8) is 0 Å². The first-order valence-corrected chi connectivity index (χ1v) is 9.69. The highest BCUT2D eigenvalue weighted by atomic mass is 16.5. The van der Waals surface area contributed by atoms with Gasteiger partial charge in [-0.25, -0.2) is 0 Å². The quantitative estimate of drug-likeness (QED) is 0.375. The molecule has 0 saturated heterocycles. The molecule has 0 aliphatic carbocycles.